The molecule has 0 N–H and O–H groups in total. The van der Waals surface area contributed by atoms with E-state index in [4.69, 9.17) is 0 Å². The molecule has 412 valence electrons. The molecule has 1 aromatic heterocycles. The Morgan fingerprint density at radius 3 is 0.753 bits per heavy atom. The number of hydrogen-bond donors (Lipinski definition) is 0. The SMILES string of the molecule is c1ccc(-c2cc(-c3ccccc3)cc(N3c4ccccc4B4c5[se]c6c7c5N(c5ccccc5N7c5cc(-c7ccccc7)cc7c5B6c5ccccc5N7c5cc(-c6ccccc6)cc(-c6ccccc6)c5)c5cc(-c6ccccc6)cc3c54)c2)cc1. The number of anilines is 12. The Balaban J connectivity index is 0.892. The Morgan fingerprint density at radius 1 is 0.202 bits per heavy atom. The van der Waals surface area contributed by atoms with E-state index in [0.717, 1.165) is 11.4 Å². The van der Waals surface area contributed by atoms with Gasteiger partial charge in [-0.2, -0.15) is 0 Å². The molecular weight excluding hydrogens is 1140 g/mol. The van der Waals surface area contributed by atoms with Crippen LogP contribution in [0.4, 0.5) is 68.2 Å². The molecule has 0 radical (unpaired) electrons. The quantitative estimate of drug-likeness (QED) is 0.141. The van der Waals surface area contributed by atoms with Crippen molar-refractivity contribution in [3.63, 3.8) is 0 Å². The fourth-order valence-electron chi connectivity index (χ4n) is 15.2. The summed E-state index contributed by atoms with van der Waals surface area (Å²) in [6, 6.07) is 118. The number of fused-ring (bicyclic) bond motifs is 11. The molecule has 89 heavy (non-hydrogen) atoms. The molecule has 0 unspecified atom stereocenters. The van der Waals surface area contributed by atoms with Crippen molar-refractivity contribution < 1.29 is 0 Å². The Bertz CT molecular complexity index is 4740. The van der Waals surface area contributed by atoms with Crippen LogP contribution in [0, 0.1) is 0 Å². The molecule has 0 amide bonds. The van der Waals surface area contributed by atoms with Gasteiger partial charge in [0.05, 0.1) is 0 Å². The van der Waals surface area contributed by atoms with Crippen LogP contribution in [0.25, 0.3) is 66.8 Å². The van der Waals surface area contributed by atoms with E-state index in [1.54, 1.807) is 0 Å². The Morgan fingerprint density at radius 2 is 0.449 bits per heavy atom. The first-order valence-corrected chi connectivity index (χ1v) is 32.5. The number of nitrogens with zero attached hydrogens (tertiary/aromatic N) is 4. The fraction of sp³-hybridized carbons (Fsp3) is 0. The van der Waals surface area contributed by atoms with Crippen LogP contribution in [-0.2, 0) is 0 Å². The minimum absolute atomic E-state index is 0.0120. The van der Waals surface area contributed by atoms with Crippen molar-refractivity contribution in [2.75, 3.05) is 19.6 Å². The predicted octanol–water partition coefficient (Wildman–Crippen LogP) is 17.2. The Labute approximate surface area is 525 Å². The second-order valence-corrected chi connectivity index (χ2v) is 26.2. The van der Waals surface area contributed by atoms with E-state index in [1.165, 1.54) is 154 Å². The van der Waals surface area contributed by atoms with Crippen LogP contribution in [0.2, 0.25) is 0 Å². The van der Waals surface area contributed by atoms with Crippen molar-refractivity contribution in [1.29, 1.82) is 0 Å². The molecule has 5 aliphatic rings. The first-order valence-electron chi connectivity index (χ1n) is 30.8. The molecule has 0 atom stereocenters. The zero-order chi connectivity index (χ0) is 58.3. The first kappa shape index (κ1) is 50.4. The third-order valence-corrected chi connectivity index (χ3v) is 21.8. The van der Waals surface area contributed by atoms with Crippen LogP contribution in [0.1, 0.15) is 0 Å². The standard InChI is InChI=1S/C82H52B2N4Se/c1-7-25-53(26-8-1)59-43-60(54-27-9-2-10-28-54)46-65(45-59)85-69-39-21-19-37-67(69)83-77-73(85)49-63(57-33-15-5-16-34-57)51-75(77)87-71-41-23-24-42-72(71)88-76-52-64(58-35-17-6-18-36-58)50-74-78(76)84(82-80(88)79(87)81(83)89-82)68-38-20-22-40-70(68)86(74)66-47-61(55-29-11-3-12-30-55)44-62(48-66)56-31-13-4-14-32-56/h1-52H. The van der Waals surface area contributed by atoms with Crippen LogP contribution in [0.3, 0.4) is 0 Å². The second-order valence-electron chi connectivity index (χ2n) is 23.9. The van der Waals surface area contributed by atoms with Crippen molar-refractivity contribution in [2.45, 2.75) is 0 Å². The summed E-state index contributed by atoms with van der Waals surface area (Å²) >= 11 is -0.107. The maximum absolute atomic E-state index is 2.71. The fourth-order valence-corrected chi connectivity index (χ4v) is 18.5. The number of benzene rings is 13. The molecule has 7 heteroatoms. The Hall–Kier alpha value is -10.8. The summed E-state index contributed by atoms with van der Waals surface area (Å²) in [7, 11) is 0. The second kappa shape index (κ2) is 19.9. The van der Waals surface area contributed by atoms with Gasteiger partial charge in [0.25, 0.3) is 0 Å². The average Bonchev–Trinajstić information content (AvgIpc) is 1.62. The van der Waals surface area contributed by atoms with Crippen molar-refractivity contribution in [3.8, 4) is 66.8 Å². The van der Waals surface area contributed by atoms with Gasteiger partial charge in [-0.05, 0) is 0 Å². The zero-order valence-electron chi connectivity index (χ0n) is 48.4. The number of hydrogen-bond acceptors (Lipinski definition) is 4. The van der Waals surface area contributed by atoms with E-state index >= 15 is 0 Å². The van der Waals surface area contributed by atoms with E-state index in [-0.39, 0.29) is 27.9 Å². The summed E-state index contributed by atoms with van der Waals surface area (Å²) in [5, 5.41) is 0. The topological polar surface area (TPSA) is 13.0 Å². The summed E-state index contributed by atoms with van der Waals surface area (Å²) < 4.78 is 3.03. The molecule has 4 nitrogen and oxygen atoms in total. The van der Waals surface area contributed by atoms with Crippen molar-refractivity contribution in [1.82, 2.24) is 0 Å². The van der Waals surface area contributed by atoms with Crippen LogP contribution in [0.5, 0.6) is 0 Å². The van der Waals surface area contributed by atoms with E-state index in [1.807, 2.05) is 0 Å². The zero-order valence-corrected chi connectivity index (χ0v) is 50.1. The van der Waals surface area contributed by atoms with Crippen LogP contribution < -0.4 is 50.1 Å². The predicted molar refractivity (Wildman–Crippen MR) is 378 cm³/mol. The minimum atomic E-state index is -0.107. The van der Waals surface area contributed by atoms with Crippen LogP contribution in [-0.4, -0.2) is 27.9 Å². The summed E-state index contributed by atoms with van der Waals surface area (Å²) in [6.45, 7) is -0.0240. The van der Waals surface area contributed by atoms with Gasteiger partial charge in [0.1, 0.15) is 0 Å². The molecule has 0 fully saturated rings. The normalized spacial score (nSPS) is 13.3. The molecule has 13 aromatic carbocycles. The summed E-state index contributed by atoms with van der Waals surface area (Å²) in [6.07, 6.45) is 0. The van der Waals surface area contributed by atoms with Gasteiger partial charge in [0.15, 0.2) is 0 Å². The van der Waals surface area contributed by atoms with Gasteiger partial charge in [0, 0.05) is 0 Å². The van der Waals surface area contributed by atoms with Gasteiger partial charge in [-0.25, -0.2) is 0 Å². The third-order valence-electron chi connectivity index (χ3n) is 19.0. The molecule has 0 aliphatic carbocycles. The van der Waals surface area contributed by atoms with Crippen LogP contribution in [0.15, 0.2) is 315 Å². The Kier molecular flexibility index (Phi) is 11.2. The molecule has 14 aromatic rings. The van der Waals surface area contributed by atoms with Crippen molar-refractivity contribution in [3.05, 3.63) is 315 Å². The molecule has 5 aliphatic heterocycles. The summed E-state index contributed by atoms with van der Waals surface area (Å²) in [4.78, 5) is 10.6. The third kappa shape index (κ3) is 7.69. The molecule has 0 saturated heterocycles. The first-order chi connectivity index (χ1) is 44.2. The number of para-hydroxylation sites is 4. The van der Waals surface area contributed by atoms with E-state index in [0.29, 0.717) is 0 Å². The van der Waals surface area contributed by atoms with Gasteiger partial charge in [-0.3, -0.25) is 0 Å². The van der Waals surface area contributed by atoms with E-state index < -0.39 is 0 Å². The molecule has 0 spiro atoms. The van der Waals surface area contributed by atoms with Gasteiger partial charge in [-0.1, -0.05) is 0 Å². The maximum atomic E-state index is 2.71. The molecule has 0 bridgehead atoms. The van der Waals surface area contributed by atoms with Gasteiger partial charge < -0.3 is 0 Å². The van der Waals surface area contributed by atoms with Gasteiger partial charge in [-0.15, -0.1) is 0 Å². The van der Waals surface area contributed by atoms with Crippen molar-refractivity contribution >= 4 is 127 Å². The molecule has 0 saturated carbocycles. The van der Waals surface area contributed by atoms with E-state index in [9.17, 15) is 0 Å². The van der Waals surface area contributed by atoms with Crippen molar-refractivity contribution in [2.24, 2.45) is 0 Å². The molecule has 6 heterocycles. The molecular formula is C82H52B2N4Se. The number of rotatable bonds is 8. The average molecular weight is 1190 g/mol. The van der Waals surface area contributed by atoms with E-state index in [2.05, 4.69) is 335 Å². The monoisotopic (exact) mass is 1190 g/mol. The van der Waals surface area contributed by atoms with Crippen LogP contribution >= 0.6 is 0 Å². The van der Waals surface area contributed by atoms with Gasteiger partial charge in [0.2, 0.25) is 0 Å². The molecule has 19 rings (SSSR count). The summed E-state index contributed by atoms with van der Waals surface area (Å²) in [5.41, 5.74) is 34.2. The van der Waals surface area contributed by atoms with Gasteiger partial charge >= 0.3 is 529 Å². The summed E-state index contributed by atoms with van der Waals surface area (Å²) in [5.74, 6) is 0.